The first-order valence-corrected chi connectivity index (χ1v) is 6.54. The Kier molecular flexibility index (Phi) is 11.2. The highest BCUT2D eigenvalue weighted by Crippen LogP contribution is 2.01. The van der Waals surface area contributed by atoms with E-state index in [2.05, 4.69) is 11.4 Å². The standard InChI is InChI=1S/C13H25N3O3/c1-12(13(17)15-7-5-10-18-2)16(8-4-6-14)9-11-19-3/h12H,4-5,7-11H2,1-3H3,(H,15,17). The van der Waals surface area contributed by atoms with Crippen molar-refractivity contribution in [2.24, 2.45) is 0 Å². The number of hydrogen-bond donors (Lipinski definition) is 1. The average molecular weight is 271 g/mol. The summed E-state index contributed by atoms with van der Waals surface area (Å²) in [7, 11) is 3.26. The molecule has 0 aliphatic rings. The molecule has 0 bridgehead atoms. The average Bonchev–Trinajstić information content (AvgIpc) is 2.43. The molecule has 0 aromatic heterocycles. The van der Waals surface area contributed by atoms with Gasteiger partial charge in [-0.3, -0.25) is 9.69 Å². The van der Waals surface area contributed by atoms with Crippen LogP contribution in [0.5, 0.6) is 0 Å². The number of amides is 1. The number of ether oxygens (including phenoxy) is 2. The molecule has 0 saturated carbocycles. The second-order valence-electron chi connectivity index (χ2n) is 4.25. The van der Waals surface area contributed by atoms with Crippen LogP contribution in [0.25, 0.3) is 0 Å². The molecule has 19 heavy (non-hydrogen) atoms. The Morgan fingerprint density at radius 3 is 2.58 bits per heavy atom. The van der Waals surface area contributed by atoms with Crippen molar-refractivity contribution >= 4 is 5.91 Å². The van der Waals surface area contributed by atoms with Crippen molar-refractivity contribution in [3.05, 3.63) is 0 Å². The van der Waals surface area contributed by atoms with E-state index >= 15 is 0 Å². The molecular formula is C13H25N3O3. The fourth-order valence-electron chi connectivity index (χ4n) is 1.64. The van der Waals surface area contributed by atoms with Gasteiger partial charge in [-0.05, 0) is 13.3 Å². The lowest BCUT2D eigenvalue weighted by atomic mass is 10.2. The summed E-state index contributed by atoms with van der Waals surface area (Å²) in [5, 5.41) is 11.5. The fraction of sp³-hybridized carbons (Fsp3) is 0.846. The lowest BCUT2D eigenvalue weighted by Crippen LogP contribution is -2.47. The van der Waals surface area contributed by atoms with Crippen LogP contribution in [-0.4, -0.2) is 63.9 Å². The van der Waals surface area contributed by atoms with Gasteiger partial charge in [-0.25, -0.2) is 0 Å². The number of methoxy groups -OCH3 is 2. The Morgan fingerprint density at radius 2 is 2.00 bits per heavy atom. The number of rotatable bonds is 11. The van der Waals surface area contributed by atoms with E-state index in [0.717, 1.165) is 6.42 Å². The Balaban J connectivity index is 4.14. The number of hydrogen-bond acceptors (Lipinski definition) is 5. The largest absolute Gasteiger partial charge is 0.385 e. The molecule has 1 N–H and O–H groups in total. The maximum absolute atomic E-state index is 12.0. The highest BCUT2D eigenvalue weighted by molar-refractivity contribution is 5.81. The van der Waals surface area contributed by atoms with Crippen molar-refractivity contribution in [1.82, 2.24) is 10.2 Å². The minimum Gasteiger partial charge on any atom is -0.385 e. The van der Waals surface area contributed by atoms with Crippen molar-refractivity contribution in [1.29, 1.82) is 5.26 Å². The molecule has 0 aliphatic carbocycles. The Hall–Kier alpha value is -1.16. The molecule has 0 spiro atoms. The van der Waals surface area contributed by atoms with E-state index in [0.29, 0.717) is 39.3 Å². The summed E-state index contributed by atoms with van der Waals surface area (Å²) in [5.41, 5.74) is 0. The molecule has 6 heteroatoms. The van der Waals surface area contributed by atoms with Crippen molar-refractivity contribution in [2.45, 2.75) is 25.8 Å². The summed E-state index contributed by atoms with van der Waals surface area (Å²) in [6.07, 6.45) is 1.20. The number of nitrogens with one attached hydrogen (secondary N) is 1. The van der Waals surface area contributed by atoms with Gasteiger partial charge in [0.25, 0.3) is 0 Å². The normalized spacial score (nSPS) is 12.2. The molecule has 0 aliphatic heterocycles. The zero-order chi connectivity index (χ0) is 14.5. The number of nitriles is 1. The van der Waals surface area contributed by atoms with E-state index in [1.807, 2.05) is 11.8 Å². The molecule has 1 atom stereocenters. The van der Waals surface area contributed by atoms with E-state index in [1.54, 1.807) is 14.2 Å². The molecule has 0 radical (unpaired) electrons. The molecule has 1 unspecified atom stereocenters. The first-order valence-electron chi connectivity index (χ1n) is 6.54. The molecule has 1 amide bonds. The van der Waals surface area contributed by atoms with Gasteiger partial charge in [-0.15, -0.1) is 0 Å². The van der Waals surface area contributed by atoms with Gasteiger partial charge in [0, 0.05) is 46.9 Å². The van der Waals surface area contributed by atoms with Crippen LogP contribution in [0.15, 0.2) is 0 Å². The molecule has 0 aromatic carbocycles. The van der Waals surface area contributed by atoms with E-state index in [9.17, 15) is 4.79 Å². The van der Waals surface area contributed by atoms with E-state index in [-0.39, 0.29) is 11.9 Å². The van der Waals surface area contributed by atoms with E-state index < -0.39 is 0 Å². The summed E-state index contributed by atoms with van der Waals surface area (Å²) in [6.45, 7) is 4.85. The van der Waals surface area contributed by atoms with E-state index in [1.165, 1.54) is 0 Å². The van der Waals surface area contributed by atoms with Crippen LogP contribution < -0.4 is 5.32 Å². The van der Waals surface area contributed by atoms with Gasteiger partial charge < -0.3 is 14.8 Å². The van der Waals surface area contributed by atoms with Gasteiger partial charge in [0.05, 0.1) is 18.7 Å². The Bertz CT molecular complexity index is 279. The summed E-state index contributed by atoms with van der Waals surface area (Å²) >= 11 is 0. The van der Waals surface area contributed by atoms with Gasteiger partial charge in [0.15, 0.2) is 0 Å². The lowest BCUT2D eigenvalue weighted by molar-refractivity contribution is -0.126. The van der Waals surface area contributed by atoms with Gasteiger partial charge in [0.2, 0.25) is 5.91 Å². The third kappa shape index (κ3) is 8.54. The van der Waals surface area contributed by atoms with E-state index in [4.69, 9.17) is 14.7 Å². The van der Waals surface area contributed by atoms with Crippen LogP contribution in [-0.2, 0) is 14.3 Å². The minimum absolute atomic E-state index is 0.0230. The van der Waals surface area contributed by atoms with Crippen LogP contribution in [0.3, 0.4) is 0 Å². The quantitative estimate of drug-likeness (QED) is 0.550. The summed E-state index contributed by atoms with van der Waals surface area (Å²) in [5.74, 6) is -0.0230. The van der Waals surface area contributed by atoms with Gasteiger partial charge in [0.1, 0.15) is 0 Å². The van der Waals surface area contributed by atoms with Crippen LogP contribution in [0.4, 0.5) is 0 Å². The zero-order valence-corrected chi connectivity index (χ0v) is 12.1. The highest BCUT2D eigenvalue weighted by atomic mass is 16.5. The number of carbonyl (C=O) groups is 1. The Morgan fingerprint density at radius 1 is 1.32 bits per heavy atom. The molecule has 110 valence electrons. The maximum Gasteiger partial charge on any atom is 0.237 e. The molecule has 0 fully saturated rings. The van der Waals surface area contributed by atoms with Crippen molar-refractivity contribution in [3.8, 4) is 6.07 Å². The molecule has 0 heterocycles. The molecular weight excluding hydrogens is 246 g/mol. The van der Waals surface area contributed by atoms with Gasteiger partial charge in [-0.1, -0.05) is 0 Å². The molecule has 0 aromatic rings. The summed E-state index contributed by atoms with van der Waals surface area (Å²) < 4.78 is 9.95. The molecule has 0 saturated heterocycles. The van der Waals surface area contributed by atoms with Crippen LogP contribution in [0.1, 0.15) is 19.8 Å². The van der Waals surface area contributed by atoms with Crippen LogP contribution in [0, 0.1) is 11.3 Å². The van der Waals surface area contributed by atoms with Gasteiger partial charge >= 0.3 is 0 Å². The highest BCUT2D eigenvalue weighted by Gasteiger charge is 2.20. The third-order valence-corrected chi connectivity index (χ3v) is 2.85. The lowest BCUT2D eigenvalue weighted by Gasteiger charge is -2.27. The summed E-state index contributed by atoms with van der Waals surface area (Å²) in [4.78, 5) is 13.9. The van der Waals surface area contributed by atoms with Crippen molar-refractivity contribution in [2.75, 3.05) is 47.1 Å². The topological polar surface area (TPSA) is 74.6 Å². The number of carbonyl (C=O) groups excluding carboxylic acids is 1. The van der Waals surface area contributed by atoms with Crippen molar-refractivity contribution < 1.29 is 14.3 Å². The molecule has 0 rings (SSSR count). The zero-order valence-electron chi connectivity index (χ0n) is 12.1. The fourth-order valence-corrected chi connectivity index (χ4v) is 1.64. The van der Waals surface area contributed by atoms with Gasteiger partial charge in [-0.2, -0.15) is 5.26 Å². The SMILES string of the molecule is COCCCNC(=O)C(C)N(CCC#N)CCOC. The third-order valence-electron chi connectivity index (χ3n) is 2.85. The van der Waals surface area contributed by atoms with Crippen LogP contribution in [0.2, 0.25) is 0 Å². The second-order valence-corrected chi connectivity index (χ2v) is 4.25. The predicted octanol–water partition coefficient (Wildman–Crippen LogP) is 0.390. The predicted molar refractivity (Wildman–Crippen MR) is 72.6 cm³/mol. The Labute approximate surface area is 115 Å². The first-order chi connectivity index (χ1) is 9.17. The number of nitrogens with zero attached hydrogens (tertiary/aromatic N) is 2. The minimum atomic E-state index is -0.258. The van der Waals surface area contributed by atoms with Crippen LogP contribution >= 0.6 is 0 Å². The maximum atomic E-state index is 12.0. The first kappa shape index (κ1) is 17.8. The molecule has 6 nitrogen and oxygen atoms in total. The summed E-state index contributed by atoms with van der Waals surface area (Å²) in [6, 6.07) is 1.84. The second kappa shape index (κ2) is 11.9. The smallest absolute Gasteiger partial charge is 0.237 e. The monoisotopic (exact) mass is 271 g/mol. The van der Waals surface area contributed by atoms with Crippen molar-refractivity contribution in [3.63, 3.8) is 0 Å².